The molecule has 0 unspecified atom stereocenters. The second kappa shape index (κ2) is 3.14. The molecule has 0 fully saturated rings. The Balaban J connectivity index is 2.51. The van der Waals surface area contributed by atoms with Gasteiger partial charge in [-0.05, 0) is 18.6 Å². The van der Waals surface area contributed by atoms with Crippen LogP contribution in [0, 0.1) is 6.92 Å². The van der Waals surface area contributed by atoms with Crippen molar-refractivity contribution in [1.29, 1.82) is 0 Å². The fraction of sp³-hybridized carbons (Fsp3) is 0.200. The summed E-state index contributed by atoms with van der Waals surface area (Å²) in [6, 6.07) is 5.76. The number of nitrogens with zero attached hydrogens (tertiary/aromatic N) is 1. The fourth-order valence-electron chi connectivity index (χ4n) is 1.45. The molecule has 0 spiro atoms. The Morgan fingerprint density at radius 1 is 1.57 bits per heavy atom. The second-order valence-corrected chi connectivity index (χ2v) is 3.23. The maximum Gasteiger partial charge on any atom is 0.311 e. The molecule has 1 aromatic carbocycles. The van der Waals surface area contributed by atoms with E-state index in [1.165, 1.54) is 0 Å². The fourth-order valence-corrected chi connectivity index (χ4v) is 1.45. The summed E-state index contributed by atoms with van der Waals surface area (Å²) in [5.41, 5.74) is 2.79. The van der Waals surface area contributed by atoms with Gasteiger partial charge in [0.25, 0.3) is 0 Å². The number of fused-ring (bicyclic) bond motifs is 1. The van der Waals surface area contributed by atoms with Gasteiger partial charge >= 0.3 is 5.97 Å². The van der Waals surface area contributed by atoms with Crippen LogP contribution in [0.3, 0.4) is 0 Å². The molecule has 2 aromatic rings. The van der Waals surface area contributed by atoms with E-state index in [0.717, 1.165) is 16.6 Å². The number of aromatic nitrogens is 2. The molecule has 14 heavy (non-hydrogen) atoms. The maximum absolute atomic E-state index is 10.5. The second-order valence-electron chi connectivity index (χ2n) is 3.23. The highest BCUT2D eigenvalue weighted by molar-refractivity contribution is 5.79. The third-order valence-electron chi connectivity index (χ3n) is 2.08. The van der Waals surface area contributed by atoms with Crippen molar-refractivity contribution in [3.63, 3.8) is 0 Å². The number of benzene rings is 1. The largest absolute Gasteiger partial charge is 0.481 e. The molecule has 0 aliphatic carbocycles. The normalized spacial score (nSPS) is 10.6. The molecule has 1 aromatic heterocycles. The number of para-hydroxylation sites is 1. The molecule has 0 saturated heterocycles. The minimum Gasteiger partial charge on any atom is -0.481 e. The predicted octanol–water partition coefficient (Wildman–Crippen LogP) is 1.50. The summed E-state index contributed by atoms with van der Waals surface area (Å²) in [7, 11) is 0. The number of aliphatic carboxylic acids is 1. The van der Waals surface area contributed by atoms with Crippen LogP contribution >= 0.6 is 0 Å². The molecule has 2 N–H and O–H groups in total. The van der Waals surface area contributed by atoms with Gasteiger partial charge < -0.3 is 10.1 Å². The molecule has 72 valence electrons. The van der Waals surface area contributed by atoms with Crippen LogP contribution in [-0.2, 0) is 11.2 Å². The van der Waals surface area contributed by atoms with E-state index in [1.807, 2.05) is 25.1 Å². The summed E-state index contributed by atoms with van der Waals surface area (Å²) in [6.45, 7) is 1.95. The highest BCUT2D eigenvalue weighted by atomic mass is 16.4. The van der Waals surface area contributed by atoms with E-state index in [9.17, 15) is 4.79 Å². The summed E-state index contributed by atoms with van der Waals surface area (Å²) in [6.07, 6.45) is -0.0614. The van der Waals surface area contributed by atoms with Crippen LogP contribution in [0.2, 0.25) is 0 Å². The summed E-state index contributed by atoms with van der Waals surface area (Å²) in [4.78, 5) is 17.7. The van der Waals surface area contributed by atoms with Crippen molar-refractivity contribution < 1.29 is 9.90 Å². The third kappa shape index (κ3) is 1.46. The molecule has 0 saturated carbocycles. The number of hydrogen-bond donors (Lipinski definition) is 2. The molecule has 0 amide bonds. The number of aryl methyl sites for hydroxylation is 1. The predicted molar refractivity (Wildman–Crippen MR) is 52.2 cm³/mol. The zero-order chi connectivity index (χ0) is 10.1. The van der Waals surface area contributed by atoms with Crippen LogP contribution < -0.4 is 0 Å². The number of aromatic amines is 1. The number of imidazole rings is 1. The van der Waals surface area contributed by atoms with Crippen LogP contribution in [0.4, 0.5) is 0 Å². The summed E-state index contributed by atoms with van der Waals surface area (Å²) >= 11 is 0. The average molecular weight is 190 g/mol. The molecule has 0 atom stereocenters. The van der Waals surface area contributed by atoms with Crippen LogP contribution in [0.25, 0.3) is 11.0 Å². The Morgan fingerprint density at radius 3 is 3.00 bits per heavy atom. The average Bonchev–Trinajstić information content (AvgIpc) is 2.47. The summed E-state index contributed by atoms with van der Waals surface area (Å²) in [5, 5.41) is 8.60. The molecule has 0 bridgehead atoms. The summed E-state index contributed by atoms with van der Waals surface area (Å²) < 4.78 is 0. The lowest BCUT2D eigenvalue weighted by molar-refractivity contribution is -0.136. The smallest absolute Gasteiger partial charge is 0.311 e. The monoisotopic (exact) mass is 190 g/mol. The SMILES string of the molecule is Cc1cccc2[nH]c(CC(=O)O)nc12. The minimum atomic E-state index is -0.873. The number of nitrogens with one attached hydrogen (secondary N) is 1. The van der Waals surface area contributed by atoms with E-state index >= 15 is 0 Å². The van der Waals surface area contributed by atoms with E-state index in [0.29, 0.717) is 5.82 Å². The van der Waals surface area contributed by atoms with Gasteiger partial charge in [-0.3, -0.25) is 4.79 Å². The quantitative estimate of drug-likeness (QED) is 0.754. The number of hydrogen-bond acceptors (Lipinski definition) is 2. The van der Waals surface area contributed by atoms with Gasteiger partial charge in [-0.1, -0.05) is 12.1 Å². The van der Waals surface area contributed by atoms with Crippen molar-refractivity contribution in [1.82, 2.24) is 9.97 Å². The van der Waals surface area contributed by atoms with E-state index in [4.69, 9.17) is 5.11 Å². The zero-order valence-corrected chi connectivity index (χ0v) is 7.74. The van der Waals surface area contributed by atoms with Crippen LogP contribution in [-0.4, -0.2) is 21.0 Å². The zero-order valence-electron chi connectivity index (χ0n) is 7.74. The van der Waals surface area contributed by atoms with Gasteiger partial charge in [0, 0.05) is 0 Å². The molecule has 0 aliphatic rings. The molecule has 2 rings (SSSR count). The van der Waals surface area contributed by atoms with Crippen molar-refractivity contribution in [2.45, 2.75) is 13.3 Å². The lowest BCUT2D eigenvalue weighted by Crippen LogP contribution is -2.01. The van der Waals surface area contributed by atoms with Gasteiger partial charge in [0.1, 0.15) is 12.2 Å². The highest BCUT2D eigenvalue weighted by Gasteiger charge is 2.07. The van der Waals surface area contributed by atoms with Crippen LogP contribution in [0.15, 0.2) is 18.2 Å². The van der Waals surface area contributed by atoms with Crippen molar-refractivity contribution in [2.24, 2.45) is 0 Å². The van der Waals surface area contributed by atoms with Crippen LogP contribution in [0.5, 0.6) is 0 Å². The summed E-state index contributed by atoms with van der Waals surface area (Å²) in [5.74, 6) is -0.372. The van der Waals surface area contributed by atoms with Gasteiger partial charge in [0.2, 0.25) is 0 Å². The Morgan fingerprint density at radius 2 is 2.36 bits per heavy atom. The minimum absolute atomic E-state index is 0.0614. The van der Waals surface area contributed by atoms with E-state index in [2.05, 4.69) is 9.97 Å². The first-order valence-electron chi connectivity index (χ1n) is 4.33. The van der Waals surface area contributed by atoms with Gasteiger partial charge in [-0.25, -0.2) is 4.98 Å². The topological polar surface area (TPSA) is 66.0 Å². The van der Waals surface area contributed by atoms with Gasteiger partial charge in [0.15, 0.2) is 0 Å². The van der Waals surface area contributed by atoms with Gasteiger partial charge in [-0.2, -0.15) is 0 Å². The Bertz CT molecular complexity index is 488. The number of rotatable bonds is 2. The van der Waals surface area contributed by atoms with Crippen molar-refractivity contribution in [3.05, 3.63) is 29.6 Å². The lowest BCUT2D eigenvalue weighted by atomic mass is 10.2. The third-order valence-corrected chi connectivity index (χ3v) is 2.08. The molecule has 1 heterocycles. The van der Waals surface area contributed by atoms with Crippen molar-refractivity contribution in [3.8, 4) is 0 Å². The Hall–Kier alpha value is -1.84. The van der Waals surface area contributed by atoms with Crippen LogP contribution in [0.1, 0.15) is 11.4 Å². The number of H-pyrrole nitrogens is 1. The number of carboxylic acids is 1. The first kappa shape index (κ1) is 8.74. The van der Waals surface area contributed by atoms with E-state index < -0.39 is 5.97 Å². The highest BCUT2D eigenvalue weighted by Crippen LogP contribution is 2.15. The molecule has 4 nitrogen and oxygen atoms in total. The van der Waals surface area contributed by atoms with Gasteiger partial charge in [0.05, 0.1) is 11.0 Å². The molecule has 0 aliphatic heterocycles. The number of carboxylic acid groups (broad SMARTS) is 1. The van der Waals surface area contributed by atoms with E-state index in [-0.39, 0.29) is 6.42 Å². The first-order valence-corrected chi connectivity index (χ1v) is 4.33. The Labute approximate surface area is 80.6 Å². The molecule has 0 radical (unpaired) electrons. The van der Waals surface area contributed by atoms with Gasteiger partial charge in [-0.15, -0.1) is 0 Å². The first-order chi connectivity index (χ1) is 6.66. The van der Waals surface area contributed by atoms with E-state index in [1.54, 1.807) is 0 Å². The number of carbonyl (C=O) groups is 1. The standard InChI is InChI=1S/C10H10N2O2/c1-6-3-2-4-7-10(6)12-8(11-7)5-9(13)14/h2-4H,5H2,1H3,(H,11,12)(H,13,14). The Kier molecular flexibility index (Phi) is 1.96. The molecule has 4 heteroatoms. The van der Waals surface area contributed by atoms with Crippen molar-refractivity contribution in [2.75, 3.05) is 0 Å². The lowest BCUT2D eigenvalue weighted by Gasteiger charge is -1.90. The molecular formula is C10H10N2O2. The maximum atomic E-state index is 10.5. The van der Waals surface area contributed by atoms with Crippen molar-refractivity contribution >= 4 is 17.0 Å². The molecular weight excluding hydrogens is 180 g/mol.